The first-order valence-electron chi connectivity index (χ1n) is 7.21. The predicted molar refractivity (Wildman–Crippen MR) is 85.5 cm³/mol. The Kier molecular flexibility index (Phi) is 6.75. The molecule has 2 heterocycles. The van der Waals surface area contributed by atoms with Crippen LogP contribution >= 0.6 is 23.1 Å². The van der Waals surface area contributed by atoms with Crippen LogP contribution < -0.4 is 10.6 Å². The molecule has 2 rings (SSSR count). The van der Waals surface area contributed by atoms with Crippen molar-refractivity contribution in [3.8, 4) is 0 Å². The van der Waals surface area contributed by atoms with Gasteiger partial charge in [0.05, 0.1) is 0 Å². The minimum absolute atomic E-state index is 0.0289. The van der Waals surface area contributed by atoms with Crippen LogP contribution in [-0.2, 0) is 11.2 Å². The van der Waals surface area contributed by atoms with Crippen LogP contribution in [-0.4, -0.2) is 40.2 Å². The average molecular weight is 314 g/mol. The number of nitrogens with one attached hydrogen (secondary N) is 2. The van der Waals surface area contributed by atoms with Gasteiger partial charge in [-0.1, -0.05) is 31.1 Å². The molecule has 0 spiro atoms. The summed E-state index contributed by atoms with van der Waals surface area (Å²) in [6.07, 6.45) is 5.03. The quantitative estimate of drug-likeness (QED) is 0.756. The summed E-state index contributed by atoms with van der Waals surface area (Å²) in [6, 6.07) is 0.283. The molecule has 1 atom stereocenters. The Morgan fingerprint density at radius 2 is 2.35 bits per heavy atom. The highest BCUT2D eigenvalue weighted by atomic mass is 32.2. The van der Waals surface area contributed by atoms with Crippen molar-refractivity contribution in [2.45, 2.75) is 45.1 Å². The highest BCUT2D eigenvalue weighted by molar-refractivity contribution is 7.99. The van der Waals surface area contributed by atoms with E-state index in [0.29, 0.717) is 11.6 Å². The Balaban J connectivity index is 1.73. The van der Waals surface area contributed by atoms with Gasteiger partial charge in [-0.25, -0.2) is 0 Å². The average Bonchev–Trinajstić information content (AvgIpc) is 2.87. The van der Waals surface area contributed by atoms with Crippen molar-refractivity contribution in [1.82, 2.24) is 15.5 Å². The normalized spacial score (nSPS) is 18.9. The first kappa shape index (κ1) is 15.7. The molecule has 2 N–H and O–H groups in total. The fourth-order valence-corrected chi connectivity index (χ4v) is 3.82. The lowest BCUT2D eigenvalue weighted by Gasteiger charge is -2.22. The lowest BCUT2D eigenvalue weighted by Crippen LogP contribution is -2.39. The molecule has 0 bridgehead atoms. The molecule has 7 heteroatoms. The van der Waals surface area contributed by atoms with E-state index in [1.807, 2.05) is 11.8 Å². The van der Waals surface area contributed by atoms with Crippen molar-refractivity contribution in [2.24, 2.45) is 0 Å². The van der Waals surface area contributed by atoms with Crippen molar-refractivity contribution >= 4 is 34.1 Å². The van der Waals surface area contributed by atoms with E-state index in [2.05, 4.69) is 27.8 Å². The summed E-state index contributed by atoms with van der Waals surface area (Å²) in [6.45, 7) is 3.17. The molecule has 1 unspecified atom stereocenters. The van der Waals surface area contributed by atoms with Crippen molar-refractivity contribution in [3.05, 3.63) is 5.01 Å². The summed E-state index contributed by atoms with van der Waals surface area (Å²) in [5.41, 5.74) is 0. The smallest absolute Gasteiger partial charge is 0.227 e. The summed E-state index contributed by atoms with van der Waals surface area (Å²) in [5.74, 6) is 2.17. The fourth-order valence-electron chi connectivity index (χ4n) is 2.08. The first-order valence-corrected chi connectivity index (χ1v) is 9.18. The van der Waals surface area contributed by atoms with Crippen molar-refractivity contribution in [3.63, 3.8) is 0 Å². The van der Waals surface area contributed by atoms with Gasteiger partial charge < -0.3 is 10.6 Å². The van der Waals surface area contributed by atoms with Gasteiger partial charge in [0.25, 0.3) is 0 Å². The second-order valence-electron chi connectivity index (χ2n) is 4.94. The van der Waals surface area contributed by atoms with Gasteiger partial charge in [-0.05, 0) is 6.42 Å². The van der Waals surface area contributed by atoms with Crippen LogP contribution in [0.4, 0.5) is 5.13 Å². The number of carbonyl (C=O) groups excluding carboxylic acids is 1. The number of carbonyl (C=O) groups is 1. The number of aryl methyl sites for hydroxylation is 1. The van der Waals surface area contributed by atoms with E-state index in [0.717, 1.165) is 35.9 Å². The molecule has 1 aliphatic heterocycles. The third-order valence-electron chi connectivity index (χ3n) is 3.14. The van der Waals surface area contributed by atoms with Crippen molar-refractivity contribution < 1.29 is 4.79 Å². The topological polar surface area (TPSA) is 66.9 Å². The summed E-state index contributed by atoms with van der Waals surface area (Å²) < 4.78 is 0. The maximum atomic E-state index is 11.9. The van der Waals surface area contributed by atoms with E-state index in [1.54, 1.807) is 0 Å². The highest BCUT2D eigenvalue weighted by Gasteiger charge is 2.17. The molecule has 112 valence electrons. The summed E-state index contributed by atoms with van der Waals surface area (Å²) in [4.78, 5) is 11.9. The van der Waals surface area contributed by atoms with E-state index in [9.17, 15) is 4.79 Å². The Bertz CT molecular complexity index is 418. The molecule has 1 amide bonds. The Hall–Kier alpha value is -0.660. The van der Waals surface area contributed by atoms with Crippen LogP contribution in [0, 0.1) is 0 Å². The van der Waals surface area contributed by atoms with Gasteiger partial charge >= 0.3 is 0 Å². The predicted octanol–water partition coefficient (Wildman–Crippen LogP) is 2.30. The van der Waals surface area contributed by atoms with Gasteiger partial charge in [0.15, 0.2) is 0 Å². The molecular weight excluding hydrogens is 292 g/mol. The number of unbranched alkanes of at least 4 members (excludes halogenated alkanes) is 2. The summed E-state index contributed by atoms with van der Waals surface area (Å²) in [5, 5.41) is 16.0. The number of rotatable bonds is 7. The zero-order valence-corrected chi connectivity index (χ0v) is 13.5. The number of nitrogens with zero attached hydrogens (tertiary/aromatic N) is 2. The van der Waals surface area contributed by atoms with Gasteiger partial charge in [0.2, 0.25) is 11.0 Å². The second kappa shape index (κ2) is 8.59. The third-order valence-corrected chi connectivity index (χ3v) is 5.17. The lowest BCUT2D eigenvalue weighted by molar-refractivity contribution is -0.116. The standard InChI is InChI=1S/C13H22N4OS2/c1-2-3-4-5-12-16-17-13(20-12)15-11(18)8-10-9-19-7-6-14-10/h10,14H,2-9H2,1H3,(H,15,17,18). The van der Waals surface area contributed by atoms with Gasteiger partial charge in [0, 0.05) is 36.9 Å². The summed E-state index contributed by atoms with van der Waals surface area (Å²) in [7, 11) is 0. The number of aromatic nitrogens is 2. The minimum Gasteiger partial charge on any atom is -0.312 e. The lowest BCUT2D eigenvalue weighted by atomic mass is 10.2. The number of anilines is 1. The monoisotopic (exact) mass is 314 g/mol. The molecule has 0 radical (unpaired) electrons. The Morgan fingerprint density at radius 3 is 3.10 bits per heavy atom. The molecule has 0 saturated carbocycles. The van der Waals surface area contributed by atoms with E-state index in [4.69, 9.17) is 0 Å². The van der Waals surface area contributed by atoms with Crippen LogP contribution in [0.3, 0.4) is 0 Å². The largest absolute Gasteiger partial charge is 0.312 e. The zero-order chi connectivity index (χ0) is 14.2. The molecular formula is C13H22N4OS2. The van der Waals surface area contributed by atoms with Crippen LogP contribution in [0.2, 0.25) is 0 Å². The number of hydrogen-bond acceptors (Lipinski definition) is 6. The molecule has 20 heavy (non-hydrogen) atoms. The Morgan fingerprint density at radius 1 is 1.45 bits per heavy atom. The van der Waals surface area contributed by atoms with Crippen LogP contribution in [0.25, 0.3) is 0 Å². The van der Waals surface area contributed by atoms with Crippen LogP contribution in [0.1, 0.15) is 37.6 Å². The van der Waals surface area contributed by atoms with Crippen molar-refractivity contribution in [2.75, 3.05) is 23.4 Å². The molecule has 0 aliphatic carbocycles. The third kappa shape index (κ3) is 5.38. The molecule has 5 nitrogen and oxygen atoms in total. The van der Waals surface area contributed by atoms with Crippen molar-refractivity contribution in [1.29, 1.82) is 0 Å². The Labute approximate surface area is 128 Å². The zero-order valence-electron chi connectivity index (χ0n) is 11.9. The van der Waals surface area contributed by atoms with Gasteiger partial charge in [-0.15, -0.1) is 10.2 Å². The second-order valence-corrected chi connectivity index (χ2v) is 7.15. The first-order chi connectivity index (χ1) is 9.78. The maximum Gasteiger partial charge on any atom is 0.227 e. The minimum atomic E-state index is 0.0289. The number of thioether (sulfide) groups is 1. The van der Waals surface area contributed by atoms with Crippen LogP contribution in [0.5, 0.6) is 0 Å². The van der Waals surface area contributed by atoms with E-state index in [-0.39, 0.29) is 11.9 Å². The number of amides is 1. The highest BCUT2D eigenvalue weighted by Crippen LogP contribution is 2.18. The molecule has 1 aliphatic rings. The summed E-state index contributed by atoms with van der Waals surface area (Å²) >= 11 is 3.39. The molecule has 1 saturated heterocycles. The van der Waals surface area contributed by atoms with E-state index < -0.39 is 0 Å². The molecule has 1 fully saturated rings. The number of hydrogen-bond donors (Lipinski definition) is 2. The van der Waals surface area contributed by atoms with E-state index >= 15 is 0 Å². The SMILES string of the molecule is CCCCCc1nnc(NC(=O)CC2CSCCN2)s1. The fraction of sp³-hybridized carbons (Fsp3) is 0.769. The molecule has 1 aromatic heterocycles. The molecule has 1 aromatic rings. The van der Waals surface area contributed by atoms with Gasteiger partial charge in [-0.2, -0.15) is 11.8 Å². The van der Waals surface area contributed by atoms with Gasteiger partial charge in [-0.3, -0.25) is 4.79 Å². The van der Waals surface area contributed by atoms with Gasteiger partial charge in [0.1, 0.15) is 5.01 Å². The van der Waals surface area contributed by atoms with E-state index in [1.165, 1.54) is 24.2 Å². The van der Waals surface area contributed by atoms with Crippen LogP contribution in [0.15, 0.2) is 0 Å². The maximum absolute atomic E-state index is 11.9. The molecule has 0 aromatic carbocycles.